The lowest BCUT2D eigenvalue weighted by molar-refractivity contribution is -0.177. The van der Waals surface area contributed by atoms with Crippen LogP contribution in [0.15, 0.2) is 18.3 Å². The quantitative estimate of drug-likeness (QED) is 0.503. The van der Waals surface area contributed by atoms with Crippen LogP contribution in [0, 0.1) is 22.7 Å². The number of hydrogen-bond acceptors (Lipinski definition) is 7. The molecule has 1 aromatic heterocycles. The third-order valence-electron chi connectivity index (χ3n) is 7.46. The second kappa shape index (κ2) is 10.3. The predicted octanol–water partition coefficient (Wildman–Crippen LogP) is 2.15. The normalized spacial score (nSPS) is 26.7. The molecule has 1 spiro atoms. The first-order valence-corrected chi connectivity index (χ1v) is 12.7. The van der Waals surface area contributed by atoms with Gasteiger partial charge in [0.05, 0.1) is 18.5 Å². The molecule has 4 amide bonds. The van der Waals surface area contributed by atoms with Crippen molar-refractivity contribution in [3.05, 3.63) is 18.3 Å². The van der Waals surface area contributed by atoms with Gasteiger partial charge in [-0.2, -0.15) is 31.6 Å². The molecule has 3 aliphatic rings. The van der Waals surface area contributed by atoms with Crippen molar-refractivity contribution >= 4 is 29.4 Å². The highest BCUT2D eigenvalue weighted by Gasteiger charge is 2.59. The topological polar surface area (TPSA) is 145 Å². The number of halogens is 6. The number of carbonyl (C=O) groups excluding carboxylic acids is 4. The Balaban J connectivity index is 1.66. The minimum absolute atomic E-state index is 0.0844. The molecule has 0 saturated carbocycles. The molecule has 0 aromatic carbocycles. The molecule has 5 atom stereocenters. The number of nitrogens with zero attached hydrogens (tertiary/aromatic N) is 4. The number of likely N-dealkylation sites (tertiary alicyclic amines) is 2. The van der Waals surface area contributed by atoms with Crippen molar-refractivity contribution in [2.24, 2.45) is 11.3 Å². The van der Waals surface area contributed by atoms with Crippen molar-refractivity contribution in [3.63, 3.8) is 0 Å². The van der Waals surface area contributed by atoms with Crippen LogP contribution in [0.1, 0.15) is 33.6 Å². The Bertz CT molecular complexity index is 1340. The summed E-state index contributed by atoms with van der Waals surface area (Å²) >= 11 is 0. The summed E-state index contributed by atoms with van der Waals surface area (Å²) in [5, 5.41) is 13.9. The molecule has 0 unspecified atom stereocenters. The number of rotatable bonds is 3. The van der Waals surface area contributed by atoms with Gasteiger partial charge in [-0.05, 0) is 24.0 Å². The Hall–Kier alpha value is -4.10. The second-order valence-electron chi connectivity index (χ2n) is 11.5. The van der Waals surface area contributed by atoms with Crippen LogP contribution in [0.5, 0.6) is 5.75 Å². The smallest absolute Gasteiger partial charge is 0.471 e. The van der Waals surface area contributed by atoms with Crippen molar-refractivity contribution in [3.8, 4) is 11.8 Å². The van der Waals surface area contributed by atoms with Crippen LogP contribution < -0.4 is 15.4 Å². The first-order valence-electron chi connectivity index (χ1n) is 12.7. The molecule has 0 aliphatic carbocycles. The minimum Gasteiger partial charge on any atom is -0.472 e. The molecular weight excluding hydrogens is 578 g/mol. The highest BCUT2D eigenvalue weighted by atomic mass is 19.4. The average molecular weight is 605 g/mol. The van der Waals surface area contributed by atoms with E-state index in [4.69, 9.17) is 4.74 Å². The van der Waals surface area contributed by atoms with Crippen molar-refractivity contribution in [2.45, 2.75) is 69.7 Å². The molecule has 17 heteroatoms. The molecule has 4 rings (SSSR count). The number of carbonyl (C=O) groups is 4. The third-order valence-corrected chi connectivity index (χ3v) is 7.46. The number of aromatic nitrogens is 1. The van der Waals surface area contributed by atoms with Gasteiger partial charge >= 0.3 is 18.3 Å². The number of fused-ring (bicyclic) bond motifs is 1. The molecule has 0 bridgehead atoms. The highest BCUT2D eigenvalue weighted by molar-refractivity contribution is 6.01. The molecule has 2 saturated heterocycles. The van der Waals surface area contributed by atoms with Gasteiger partial charge in [-0.15, -0.1) is 0 Å². The molecular formula is C25H26F6N6O5. The predicted molar refractivity (Wildman–Crippen MR) is 129 cm³/mol. The zero-order valence-electron chi connectivity index (χ0n) is 22.5. The number of amides is 4. The number of nitrogens with one attached hydrogen (secondary N) is 2. The summed E-state index contributed by atoms with van der Waals surface area (Å²) in [5.41, 5.74) is -3.21. The second-order valence-corrected chi connectivity index (χ2v) is 11.5. The van der Waals surface area contributed by atoms with Crippen LogP contribution in [-0.2, 0) is 19.2 Å². The van der Waals surface area contributed by atoms with Gasteiger partial charge in [0.25, 0.3) is 5.91 Å². The maximum absolute atomic E-state index is 13.8. The fourth-order valence-electron chi connectivity index (χ4n) is 5.27. The van der Waals surface area contributed by atoms with Crippen LogP contribution >= 0.6 is 0 Å². The largest absolute Gasteiger partial charge is 0.472 e. The summed E-state index contributed by atoms with van der Waals surface area (Å²) in [7, 11) is 0. The average Bonchev–Trinajstić information content (AvgIpc) is 3.49. The van der Waals surface area contributed by atoms with Crippen LogP contribution in [0.2, 0.25) is 0 Å². The van der Waals surface area contributed by atoms with E-state index in [1.165, 1.54) is 39.1 Å². The molecule has 2 fully saturated rings. The summed E-state index contributed by atoms with van der Waals surface area (Å²) in [5.74, 6) is -7.70. The number of alkyl halides is 6. The molecule has 4 heterocycles. The Morgan fingerprint density at radius 3 is 2.43 bits per heavy atom. The van der Waals surface area contributed by atoms with Crippen LogP contribution in [0.25, 0.3) is 0 Å². The van der Waals surface area contributed by atoms with Crippen molar-refractivity contribution < 1.29 is 50.3 Å². The van der Waals surface area contributed by atoms with E-state index in [9.17, 15) is 50.8 Å². The first-order chi connectivity index (χ1) is 19.3. The summed E-state index contributed by atoms with van der Waals surface area (Å²) in [6.07, 6.45) is -10.2. The number of ether oxygens (including phenoxy) is 1. The number of nitriles is 1. The van der Waals surface area contributed by atoms with Gasteiger partial charge in [0.15, 0.2) is 11.6 Å². The molecule has 228 valence electrons. The number of anilines is 1. The Kier molecular flexibility index (Phi) is 7.58. The monoisotopic (exact) mass is 604 g/mol. The van der Waals surface area contributed by atoms with Gasteiger partial charge in [0.1, 0.15) is 18.1 Å². The van der Waals surface area contributed by atoms with E-state index < -0.39 is 90.6 Å². The summed E-state index contributed by atoms with van der Waals surface area (Å²) < 4.78 is 86.4. The zero-order chi connectivity index (χ0) is 31.4. The van der Waals surface area contributed by atoms with Crippen LogP contribution in [0.3, 0.4) is 0 Å². The fourth-order valence-corrected chi connectivity index (χ4v) is 5.27. The SMILES string of the molecule is CC(C)(C)[C@H](NC(=O)C(F)(F)F)C(=O)N1C[C@H](C(F)(F)F)C[C@H]1C(=O)N1C[C@@]2(C[C@H]1C#N)Oc1cccnc1NC2=O. The van der Waals surface area contributed by atoms with E-state index in [1.54, 1.807) is 5.32 Å². The molecule has 11 nitrogen and oxygen atoms in total. The zero-order valence-corrected chi connectivity index (χ0v) is 22.5. The van der Waals surface area contributed by atoms with E-state index in [2.05, 4.69) is 10.3 Å². The number of hydrogen-bond donors (Lipinski definition) is 2. The van der Waals surface area contributed by atoms with Crippen molar-refractivity contribution in [2.75, 3.05) is 18.4 Å². The molecule has 3 aliphatic heterocycles. The lowest BCUT2D eigenvalue weighted by Gasteiger charge is -2.37. The van der Waals surface area contributed by atoms with E-state index in [-0.39, 0.29) is 18.0 Å². The fraction of sp³-hybridized carbons (Fsp3) is 0.600. The summed E-state index contributed by atoms with van der Waals surface area (Å²) in [6.45, 7) is 2.25. The maximum atomic E-state index is 13.8. The van der Waals surface area contributed by atoms with Crippen LogP contribution in [-0.4, -0.2) is 87.6 Å². The van der Waals surface area contributed by atoms with Gasteiger partial charge in [0, 0.05) is 19.2 Å². The highest BCUT2D eigenvalue weighted by Crippen LogP contribution is 2.42. The lowest BCUT2D eigenvalue weighted by Crippen LogP contribution is -2.60. The Morgan fingerprint density at radius 1 is 1.19 bits per heavy atom. The van der Waals surface area contributed by atoms with Gasteiger partial charge in [0.2, 0.25) is 17.4 Å². The van der Waals surface area contributed by atoms with E-state index in [0.29, 0.717) is 4.90 Å². The van der Waals surface area contributed by atoms with Gasteiger partial charge in [-0.25, -0.2) is 4.98 Å². The Labute approximate surface area is 235 Å². The number of pyridine rings is 1. The third kappa shape index (κ3) is 5.66. The first kappa shape index (κ1) is 30.8. The molecule has 42 heavy (non-hydrogen) atoms. The van der Waals surface area contributed by atoms with Crippen LogP contribution in [0.4, 0.5) is 32.2 Å². The lowest BCUT2D eigenvalue weighted by atomic mass is 9.85. The molecule has 1 aromatic rings. The van der Waals surface area contributed by atoms with E-state index in [1.807, 2.05) is 6.07 Å². The van der Waals surface area contributed by atoms with Crippen molar-refractivity contribution in [1.82, 2.24) is 20.1 Å². The van der Waals surface area contributed by atoms with Crippen molar-refractivity contribution in [1.29, 1.82) is 5.26 Å². The van der Waals surface area contributed by atoms with E-state index >= 15 is 0 Å². The maximum Gasteiger partial charge on any atom is 0.471 e. The van der Waals surface area contributed by atoms with Gasteiger partial charge in [-0.1, -0.05) is 20.8 Å². The summed E-state index contributed by atoms with van der Waals surface area (Å²) in [6, 6.07) is -0.357. The standard InChI is InChI=1S/C25H26F6N6O5/c1-22(2,3)16(34-21(41)25(29,30)31)19(39)36-10-12(24(26,27)28)7-14(36)18(38)37-11-23(8-13(37)9-32)20(40)35-17-15(42-23)5-4-6-33-17/h4-6,12-14,16H,7-8,10-11H2,1-3H3,(H,34,41)(H,33,35,40)/t12-,13+,14+,16-,23-/m1/s1. The Morgan fingerprint density at radius 2 is 1.86 bits per heavy atom. The molecule has 2 N–H and O–H groups in total. The van der Waals surface area contributed by atoms with Gasteiger partial charge in [-0.3, -0.25) is 19.2 Å². The summed E-state index contributed by atoms with van der Waals surface area (Å²) in [4.78, 5) is 57.3. The van der Waals surface area contributed by atoms with E-state index in [0.717, 1.165) is 4.90 Å². The minimum atomic E-state index is -5.39. The molecule has 0 radical (unpaired) electrons. The van der Waals surface area contributed by atoms with Gasteiger partial charge < -0.3 is 25.2 Å².